The molecule has 2 amide bonds. The maximum Gasteiger partial charge on any atom is 0.243 e. The van der Waals surface area contributed by atoms with E-state index in [1.165, 1.54) is 26.5 Å². The monoisotopic (exact) mass is 421 g/mol. The van der Waals surface area contributed by atoms with Crippen molar-refractivity contribution in [3.8, 4) is 0 Å². The summed E-state index contributed by atoms with van der Waals surface area (Å²) in [5.74, 6) is 0.0856. The van der Waals surface area contributed by atoms with E-state index < -0.39 is 10.0 Å². The lowest BCUT2D eigenvalue weighted by Crippen LogP contribution is -2.46. The van der Waals surface area contributed by atoms with Crippen LogP contribution in [-0.4, -0.2) is 50.2 Å². The van der Waals surface area contributed by atoms with Gasteiger partial charge in [-0.3, -0.25) is 9.59 Å². The van der Waals surface area contributed by atoms with E-state index >= 15 is 0 Å². The first kappa shape index (κ1) is 21.8. The molecule has 1 fully saturated rings. The molecule has 160 valence electrons. The second kappa shape index (κ2) is 8.44. The van der Waals surface area contributed by atoms with E-state index in [1.807, 2.05) is 6.92 Å². The predicted molar refractivity (Wildman–Crippen MR) is 112 cm³/mol. The van der Waals surface area contributed by atoms with Gasteiger partial charge < -0.3 is 10.2 Å². The molecule has 0 aromatic heterocycles. The number of anilines is 1. The quantitative estimate of drug-likeness (QED) is 0.790. The Kier molecular flexibility index (Phi) is 6.33. The number of nitrogens with one attached hydrogen (secondary N) is 1. The van der Waals surface area contributed by atoms with Crippen LogP contribution in [0.25, 0.3) is 0 Å². The fourth-order valence-corrected chi connectivity index (χ4v) is 5.68. The van der Waals surface area contributed by atoms with Crippen molar-refractivity contribution in [2.24, 2.45) is 5.92 Å². The van der Waals surface area contributed by atoms with Crippen LogP contribution in [0.15, 0.2) is 23.1 Å². The second-order valence-electron chi connectivity index (χ2n) is 8.43. The number of rotatable bonds is 5. The van der Waals surface area contributed by atoms with Gasteiger partial charge in [0.05, 0.1) is 11.4 Å². The largest absolute Gasteiger partial charge is 0.352 e. The molecule has 8 heteroatoms. The first-order valence-electron chi connectivity index (χ1n) is 10.3. The average Bonchev–Trinajstić information content (AvgIpc) is 2.98. The molecular weight excluding hydrogens is 390 g/mol. The minimum Gasteiger partial charge on any atom is -0.352 e. The van der Waals surface area contributed by atoms with Crippen molar-refractivity contribution in [3.63, 3.8) is 0 Å². The summed E-state index contributed by atoms with van der Waals surface area (Å²) in [5, 5.41) is 3.00. The third-order valence-corrected chi connectivity index (χ3v) is 7.94. The number of amides is 2. The lowest BCUT2D eigenvalue weighted by Gasteiger charge is -2.30. The lowest BCUT2D eigenvalue weighted by atomic mass is 9.86. The van der Waals surface area contributed by atoms with E-state index in [2.05, 4.69) is 12.2 Å². The molecule has 29 heavy (non-hydrogen) atoms. The Hall–Kier alpha value is -1.93. The van der Waals surface area contributed by atoms with Crippen molar-refractivity contribution < 1.29 is 18.0 Å². The van der Waals surface area contributed by atoms with Gasteiger partial charge in [-0.05, 0) is 55.9 Å². The zero-order valence-corrected chi connectivity index (χ0v) is 18.5. The van der Waals surface area contributed by atoms with Crippen LogP contribution in [0.4, 0.5) is 5.69 Å². The minimum absolute atomic E-state index is 0.00134. The van der Waals surface area contributed by atoms with Gasteiger partial charge in [0.1, 0.15) is 0 Å². The first-order chi connectivity index (χ1) is 13.6. The third-order valence-electron chi connectivity index (χ3n) is 6.14. The van der Waals surface area contributed by atoms with Crippen LogP contribution < -0.4 is 10.2 Å². The van der Waals surface area contributed by atoms with Gasteiger partial charge in [0.25, 0.3) is 0 Å². The normalized spacial score (nSPS) is 24.4. The molecule has 3 atom stereocenters. The number of likely N-dealkylation sites (N-methyl/N-ethyl adjacent to an activating group) is 1. The molecule has 0 bridgehead atoms. The summed E-state index contributed by atoms with van der Waals surface area (Å²) in [6.45, 7) is 5.37. The number of nitrogens with zero attached hydrogens (tertiary/aromatic N) is 2. The van der Waals surface area contributed by atoms with E-state index in [4.69, 9.17) is 0 Å². The number of fused-ring (bicyclic) bond motifs is 1. The predicted octanol–water partition coefficient (Wildman–Crippen LogP) is 2.30. The summed E-state index contributed by atoms with van der Waals surface area (Å²) in [5.41, 5.74) is 1.60. The van der Waals surface area contributed by atoms with Gasteiger partial charge in [0.2, 0.25) is 21.8 Å². The summed E-state index contributed by atoms with van der Waals surface area (Å²) in [7, 11) is -2.37. The summed E-state index contributed by atoms with van der Waals surface area (Å²) < 4.78 is 27.1. The number of sulfonamides is 1. The highest BCUT2D eigenvalue weighted by molar-refractivity contribution is 7.89. The van der Waals surface area contributed by atoms with Gasteiger partial charge in [0, 0.05) is 31.7 Å². The van der Waals surface area contributed by atoms with Gasteiger partial charge in [-0.2, -0.15) is 4.31 Å². The molecule has 1 aromatic rings. The molecule has 7 nitrogen and oxygen atoms in total. The highest BCUT2D eigenvalue weighted by atomic mass is 32.2. The Morgan fingerprint density at radius 3 is 2.55 bits per heavy atom. The van der Waals surface area contributed by atoms with Gasteiger partial charge in [-0.25, -0.2) is 8.42 Å². The van der Waals surface area contributed by atoms with Crippen LogP contribution in [0, 0.1) is 5.92 Å². The first-order valence-corrected chi connectivity index (χ1v) is 11.7. The molecule has 0 radical (unpaired) electrons. The van der Waals surface area contributed by atoms with Crippen LogP contribution in [0.1, 0.15) is 52.0 Å². The van der Waals surface area contributed by atoms with Crippen LogP contribution in [0.3, 0.4) is 0 Å². The second-order valence-corrected chi connectivity index (χ2v) is 10.5. The molecule has 2 aliphatic rings. The molecule has 0 spiro atoms. The Morgan fingerprint density at radius 2 is 1.90 bits per heavy atom. The van der Waals surface area contributed by atoms with Crippen LogP contribution in [0.5, 0.6) is 0 Å². The highest BCUT2D eigenvalue weighted by Gasteiger charge is 2.32. The van der Waals surface area contributed by atoms with E-state index in [9.17, 15) is 18.0 Å². The molecule has 1 aliphatic heterocycles. The fourth-order valence-electron chi connectivity index (χ4n) is 4.50. The molecular formula is C21H31N3O4S. The molecule has 1 aromatic carbocycles. The number of benzene rings is 1. The van der Waals surface area contributed by atoms with E-state index in [1.54, 1.807) is 17.0 Å². The Morgan fingerprint density at radius 1 is 1.21 bits per heavy atom. The van der Waals surface area contributed by atoms with Crippen LogP contribution in [-0.2, 0) is 26.0 Å². The van der Waals surface area contributed by atoms with Gasteiger partial charge in [-0.1, -0.05) is 19.8 Å². The van der Waals surface area contributed by atoms with E-state index in [0.717, 1.165) is 34.8 Å². The lowest BCUT2D eigenvalue weighted by molar-refractivity contribution is -0.122. The van der Waals surface area contributed by atoms with Crippen molar-refractivity contribution in [2.45, 2.75) is 69.9 Å². The number of hydrogen-bond acceptors (Lipinski definition) is 4. The SMILES string of the molecule is CC(=O)N1c2ccc(S(=O)(=O)N(C)CC(=O)N[C@@H]3CCCC[C@@H]3C)cc2C[C@@H]1C. The number of carbonyl (C=O) groups is 2. The highest BCUT2D eigenvalue weighted by Crippen LogP contribution is 2.34. The topological polar surface area (TPSA) is 86.8 Å². The molecule has 1 heterocycles. The smallest absolute Gasteiger partial charge is 0.243 e. The van der Waals surface area contributed by atoms with E-state index in [0.29, 0.717) is 12.3 Å². The Labute approximate surface area is 173 Å². The summed E-state index contributed by atoms with van der Waals surface area (Å²) >= 11 is 0. The molecule has 1 N–H and O–H groups in total. The van der Waals surface area contributed by atoms with Crippen molar-refractivity contribution in [1.29, 1.82) is 0 Å². The third kappa shape index (κ3) is 4.48. The molecule has 0 unspecified atom stereocenters. The molecule has 1 aliphatic carbocycles. The van der Waals surface area contributed by atoms with Gasteiger partial charge in [-0.15, -0.1) is 0 Å². The number of carbonyl (C=O) groups excluding carboxylic acids is 2. The maximum absolute atomic E-state index is 13.0. The minimum atomic E-state index is -3.80. The van der Waals surface area contributed by atoms with Crippen LogP contribution in [0.2, 0.25) is 0 Å². The zero-order chi connectivity index (χ0) is 21.3. The summed E-state index contributed by atoms with van der Waals surface area (Å²) in [4.78, 5) is 26.1. The molecule has 0 saturated heterocycles. The Bertz CT molecular complexity index is 899. The summed E-state index contributed by atoms with van der Waals surface area (Å²) in [6, 6.07) is 4.94. The fraction of sp³-hybridized carbons (Fsp3) is 0.619. The van der Waals surface area contributed by atoms with E-state index in [-0.39, 0.29) is 35.3 Å². The van der Waals surface area contributed by atoms with Crippen molar-refractivity contribution in [2.75, 3.05) is 18.5 Å². The van der Waals surface area contributed by atoms with Gasteiger partial charge >= 0.3 is 0 Å². The number of hydrogen-bond donors (Lipinski definition) is 1. The van der Waals surface area contributed by atoms with Gasteiger partial charge in [0.15, 0.2) is 0 Å². The van der Waals surface area contributed by atoms with Crippen molar-refractivity contribution >= 4 is 27.5 Å². The zero-order valence-electron chi connectivity index (χ0n) is 17.6. The Balaban J connectivity index is 1.71. The van der Waals surface area contributed by atoms with Crippen LogP contribution >= 0.6 is 0 Å². The standard InChI is InChI=1S/C21H31N3O4S/c1-14-7-5-6-8-19(14)22-21(26)13-23(4)29(27,28)18-9-10-20-17(12-18)11-15(2)24(20)16(3)25/h9-10,12,14-15,19H,5-8,11,13H2,1-4H3,(H,22,26)/t14-,15-,19+/m0/s1. The molecule has 1 saturated carbocycles. The van der Waals surface area contributed by atoms with Crippen molar-refractivity contribution in [1.82, 2.24) is 9.62 Å². The maximum atomic E-state index is 13.0. The molecule has 3 rings (SSSR count). The summed E-state index contributed by atoms with van der Waals surface area (Å²) in [6.07, 6.45) is 4.92. The van der Waals surface area contributed by atoms with Crippen molar-refractivity contribution in [3.05, 3.63) is 23.8 Å². The average molecular weight is 422 g/mol.